The second-order valence-corrected chi connectivity index (χ2v) is 3.96. The summed E-state index contributed by atoms with van der Waals surface area (Å²) in [7, 11) is 0. The largest absolute Gasteiger partial charge is 0.423 e. The lowest BCUT2D eigenvalue weighted by molar-refractivity contribution is -0.131. The highest BCUT2D eigenvalue weighted by molar-refractivity contribution is 6.48. The van der Waals surface area contributed by atoms with Crippen LogP contribution in [0, 0.1) is 0 Å². The first-order valence-electron chi connectivity index (χ1n) is 3.45. The lowest BCUT2D eigenvalue weighted by atomic mass is 10.3. The van der Waals surface area contributed by atoms with Gasteiger partial charge in [-0.3, -0.25) is 4.79 Å². The molecule has 0 fully saturated rings. The second-order valence-electron chi connectivity index (χ2n) is 2.39. The fourth-order valence-corrected chi connectivity index (χ4v) is 1.65. The summed E-state index contributed by atoms with van der Waals surface area (Å²) in [6.45, 7) is 1.22. The van der Waals surface area contributed by atoms with Gasteiger partial charge in [0.15, 0.2) is 5.75 Å². The maximum atomic E-state index is 10.7. The number of rotatable bonds is 1. The van der Waals surface area contributed by atoms with Gasteiger partial charge in [-0.25, -0.2) is 0 Å². The van der Waals surface area contributed by atoms with Crippen LogP contribution in [0.5, 0.6) is 5.75 Å². The number of hydrogen-bond donors (Lipinski definition) is 0. The summed E-state index contributed by atoms with van der Waals surface area (Å²) in [5, 5.41) is 0.488. The first-order valence-corrected chi connectivity index (χ1v) is 4.96. The van der Waals surface area contributed by atoms with Gasteiger partial charge in [0.25, 0.3) is 0 Å². The van der Waals surface area contributed by atoms with E-state index >= 15 is 0 Å². The van der Waals surface area contributed by atoms with E-state index in [2.05, 4.69) is 0 Å². The van der Waals surface area contributed by atoms with Gasteiger partial charge < -0.3 is 4.74 Å². The molecule has 6 heteroatoms. The maximum absolute atomic E-state index is 10.7. The Morgan fingerprint density at radius 1 is 1.14 bits per heavy atom. The maximum Gasteiger partial charge on any atom is 0.308 e. The van der Waals surface area contributed by atoms with Crippen molar-refractivity contribution in [1.29, 1.82) is 0 Å². The molecule has 1 aromatic carbocycles. The van der Waals surface area contributed by atoms with Crippen LogP contribution in [0.15, 0.2) is 6.07 Å². The molecule has 0 aliphatic heterocycles. The molecule has 0 atom stereocenters. The molecule has 1 aromatic rings. The third-order valence-corrected chi connectivity index (χ3v) is 2.86. The Labute approximate surface area is 101 Å². The van der Waals surface area contributed by atoms with E-state index in [0.29, 0.717) is 0 Å². The molecule has 0 bridgehead atoms. The molecule has 0 saturated heterocycles. The molecule has 0 aromatic heterocycles. The number of esters is 1. The van der Waals surface area contributed by atoms with Gasteiger partial charge in [-0.15, -0.1) is 0 Å². The molecule has 0 amide bonds. The molecular formula is C8H4Cl4O2. The third kappa shape index (κ3) is 2.45. The van der Waals surface area contributed by atoms with Gasteiger partial charge in [0.1, 0.15) is 10.0 Å². The highest BCUT2D eigenvalue weighted by Crippen LogP contribution is 2.42. The number of carbonyl (C=O) groups excluding carboxylic acids is 1. The molecule has 0 saturated carbocycles. The van der Waals surface area contributed by atoms with Crippen LogP contribution in [0.4, 0.5) is 0 Å². The molecule has 0 radical (unpaired) electrons. The predicted molar refractivity (Wildman–Crippen MR) is 57.8 cm³/mol. The van der Waals surface area contributed by atoms with Gasteiger partial charge in [-0.1, -0.05) is 46.4 Å². The number of halogens is 4. The highest BCUT2D eigenvalue weighted by Gasteiger charge is 2.16. The molecule has 14 heavy (non-hydrogen) atoms. The minimum Gasteiger partial charge on any atom is -0.423 e. The smallest absolute Gasteiger partial charge is 0.308 e. The van der Waals surface area contributed by atoms with Crippen LogP contribution in [0.3, 0.4) is 0 Å². The van der Waals surface area contributed by atoms with Gasteiger partial charge in [0.05, 0.1) is 10.0 Å². The average molecular weight is 274 g/mol. The van der Waals surface area contributed by atoms with E-state index in [1.54, 1.807) is 0 Å². The summed E-state index contributed by atoms with van der Waals surface area (Å²) < 4.78 is 4.77. The van der Waals surface area contributed by atoms with E-state index in [-0.39, 0.29) is 25.8 Å². The number of carbonyl (C=O) groups is 1. The van der Waals surface area contributed by atoms with E-state index in [4.69, 9.17) is 51.1 Å². The minimum atomic E-state index is -0.549. The van der Waals surface area contributed by atoms with Crippen LogP contribution in [-0.2, 0) is 4.79 Å². The predicted octanol–water partition coefficient (Wildman–Crippen LogP) is 4.23. The molecule has 0 aliphatic carbocycles. The molecule has 0 spiro atoms. The normalized spacial score (nSPS) is 10.1. The summed E-state index contributed by atoms with van der Waals surface area (Å²) in [5.41, 5.74) is 0. The Kier molecular flexibility index (Phi) is 3.90. The molecule has 0 aliphatic rings. The van der Waals surface area contributed by atoms with Crippen molar-refractivity contribution in [2.24, 2.45) is 0 Å². The van der Waals surface area contributed by atoms with Crippen LogP contribution in [0.2, 0.25) is 20.1 Å². The van der Waals surface area contributed by atoms with Crippen molar-refractivity contribution in [3.8, 4) is 5.75 Å². The van der Waals surface area contributed by atoms with Gasteiger partial charge in [-0.05, 0) is 6.07 Å². The second kappa shape index (κ2) is 4.58. The summed E-state index contributed by atoms with van der Waals surface area (Å²) in [4.78, 5) is 10.7. The van der Waals surface area contributed by atoms with Crippen molar-refractivity contribution in [1.82, 2.24) is 0 Å². The highest BCUT2D eigenvalue weighted by atomic mass is 35.5. The van der Waals surface area contributed by atoms with Crippen LogP contribution in [0.1, 0.15) is 6.92 Å². The van der Waals surface area contributed by atoms with E-state index < -0.39 is 5.97 Å². The molecule has 76 valence electrons. The SMILES string of the molecule is CC(=O)Oc1c(Cl)c(Cl)cc(Cl)c1Cl. The van der Waals surface area contributed by atoms with E-state index in [0.717, 1.165) is 0 Å². The first kappa shape index (κ1) is 11.9. The van der Waals surface area contributed by atoms with E-state index in [1.807, 2.05) is 0 Å². The van der Waals surface area contributed by atoms with Crippen LogP contribution >= 0.6 is 46.4 Å². The van der Waals surface area contributed by atoms with E-state index in [1.165, 1.54) is 13.0 Å². The van der Waals surface area contributed by atoms with Crippen LogP contribution < -0.4 is 4.74 Å². The Hall–Kier alpha value is -0.150. The van der Waals surface area contributed by atoms with Crippen molar-refractivity contribution in [3.63, 3.8) is 0 Å². The van der Waals surface area contributed by atoms with Gasteiger partial charge >= 0.3 is 5.97 Å². The van der Waals surface area contributed by atoms with Crippen LogP contribution in [-0.4, -0.2) is 5.97 Å². The summed E-state index contributed by atoms with van der Waals surface area (Å²) in [5.74, 6) is -0.564. The van der Waals surface area contributed by atoms with Crippen molar-refractivity contribution >= 4 is 52.4 Å². The molecule has 0 heterocycles. The topological polar surface area (TPSA) is 26.3 Å². The molecule has 0 N–H and O–H groups in total. The Bertz CT molecular complexity index is 363. The average Bonchev–Trinajstić information content (AvgIpc) is 2.09. The third-order valence-electron chi connectivity index (χ3n) is 1.32. The number of ether oxygens (including phenoxy) is 1. The molecule has 2 nitrogen and oxygen atoms in total. The van der Waals surface area contributed by atoms with Gasteiger partial charge in [0, 0.05) is 6.92 Å². The monoisotopic (exact) mass is 272 g/mol. The zero-order valence-electron chi connectivity index (χ0n) is 6.91. The Morgan fingerprint density at radius 3 is 1.93 bits per heavy atom. The minimum absolute atomic E-state index is 0.0154. The van der Waals surface area contributed by atoms with Gasteiger partial charge in [0.2, 0.25) is 0 Å². The standard InChI is InChI=1S/C8H4Cl4O2/c1-3(13)14-8-6(11)4(9)2-5(10)7(8)12/h2H,1H3. The Balaban J connectivity index is 3.31. The summed E-state index contributed by atoms with van der Waals surface area (Å²) in [6.07, 6.45) is 0. The van der Waals surface area contributed by atoms with Crippen molar-refractivity contribution in [2.75, 3.05) is 0 Å². The zero-order chi connectivity index (χ0) is 10.9. The molecule has 1 rings (SSSR count). The van der Waals surface area contributed by atoms with Crippen molar-refractivity contribution in [3.05, 3.63) is 26.2 Å². The van der Waals surface area contributed by atoms with E-state index in [9.17, 15) is 4.79 Å². The van der Waals surface area contributed by atoms with Crippen LogP contribution in [0.25, 0.3) is 0 Å². The molecule has 0 unspecified atom stereocenters. The lowest BCUT2D eigenvalue weighted by Crippen LogP contribution is -2.02. The summed E-state index contributed by atoms with van der Waals surface area (Å²) >= 11 is 22.9. The first-order chi connectivity index (χ1) is 6.43. The lowest BCUT2D eigenvalue weighted by Gasteiger charge is -2.08. The number of hydrogen-bond acceptors (Lipinski definition) is 2. The van der Waals surface area contributed by atoms with Gasteiger partial charge in [-0.2, -0.15) is 0 Å². The number of benzene rings is 1. The van der Waals surface area contributed by atoms with Crippen molar-refractivity contribution in [2.45, 2.75) is 6.92 Å². The Morgan fingerprint density at radius 2 is 1.57 bits per heavy atom. The summed E-state index contributed by atoms with van der Waals surface area (Å²) in [6, 6.07) is 1.38. The zero-order valence-corrected chi connectivity index (χ0v) is 9.93. The quantitative estimate of drug-likeness (QED) is 0.435. The fourth-order valence-electron chi connectivity index (χ4n) is 0.785. The molecular weight excluding hydrogens is 270 g/mol. The van der Waals surface area contributed by atoms with Crippen molar-refractivity contribution < 1.29 is 9.53 Å². The fraction of sp³-hybridized carbons (Fsp3) is 0.125.